The molecule has 0 spiro atoms. The Morgan fingerprint density at radius 2 is 2.05 bits per heavy atom. The van der Waals surface area contributed by atoms with Crippen molar-refractivity contribution in [2.45, 2.75) is 20.8 Å². The van der Waals surface area contributed by atoms with Crippen molar-refractivity contribution >= 4 is 5.97 Å². The molecule has 0 aliphatic heterocycles. The third-order valence-corrected chi connectivity index (χ3v) is 2.89. The summed E-state index contributed by atoms with van der Waals surface area (Å²) in [5.41, 5.74) is 2.26. The van der Waals surface area contributed by atoms with Gasteiger partial charge in [0.15, 0.2) is 0 Å². The van der Waals surface area contributed by atoms with E-state index in [4.69, 9.17) is 4.74 Å². The smallest absolute Gasteiger partial charge is 0.362 e. The molecule has 0 radical (unpaired) electrons. The molecular weight excluding hydrogens is 256 g/mol. The first-order valence-electron chi connectivity index (χ1n) is 6.37. The van der Waals surface area contributed by atoms with E-state index in [1.54, 1.807) is 13.1 Å². The van der Waals surface area contributed by atoms with Crippen LogP contribution in [0.4, 0.5) is 0 Å². The minimum absolute atomic E-state index is 0.199. The lowest BCUT2D eigenvalue weighted by molar-refractivity contribution is 0.0515. The number of benzene rings is 1. The predicted molar refractivity (Wildman–Crippen MR) is 75.3 cm³/mol. The van der Waals surface area contributed by atoms with Crippen molar-refractivity contribution in [2.24, 2.45) is 0 Å². The molecule has 1 heterocycles. The molecule has 2 aromatic rings. The minimum Gasteiger partial charge on any atom is -0.461 e. The zero-order valence-electron chi connectivity index (χ0n) is 11.7. The van der Waals surface area contributed by atoms with Gasteiger partial charge in [0.05, 0.1) is 12.3 Å². The molecule has 0 saturated heterocycles. The average molecular weight is 272 g/mol. The second-order valence-corrected chi connectivity index (χ2v) is 4.48. The summed E-state index contributed by atoms with van der Waals surface area (Å²) in [6.07, 6.45) is 1.55. The van der Waals surface area contributed by atoms with E-state index in [-0.39, 0.29) is 12.3 Å². The first-order chi connectivity index (χ1) is 9.52. The average Bonchev–Trinajstić information content (AvgIpc) is 2.42. The monoisotopic (exact) mass is 272 g/mol. The largest absolute Gasteiger partial charge is 0.461 e. The number of hydrogen-bond donors (Lipinski definition) is 0. The molecule has 0 N–H and O–H groups in total. The van der Waals surface area contributed by atoms with E-state index in [2.05, 4.69) is 5.10 Å². The molecule has 0 atom stereocenters. The molecular formula is C15H16N2O3. The second-order valence-electron chi connectivity index (χ2n) is 4.48. The minimum atomic E-state index is -0.697. The number of ether oxygens (including phenoxy) is 1. The molecule has 0 amide bonds. The first-order valence-corrected chi connectivity index (χ1v) is 6.37. The predicted octanol–water partition coefficient (Wildman–Crippen LogP) is 2.03. The SMILES string of the molecule is CCOC(=O)c1nn(-c2cc(C)ccc2C)ccc1=O. The van der Waals surface area contributed by atoms with Gasteiger partial charge in [-0.2, -0.15) is 5.10 Å². The lowest BCUT2D eigenvalue weighted by Crippen LogP contribution is -2.22. The van der Waals surface area contributed by atoms with Crippen LogP contribution in [0.1, 0.15) is 28.5 Å². The molecule has 1 aromatic carbocycles. The van der Waals surface area contributed by atoms with Gasteiger partial charge in [-0.1, -0.05) is 12.1 Å². The fourth-order valence-corrected chi connectivity index (χ4v) is 1.85. The normalized spacial score (nSPS) is 10.3. The fourth-order valence-electron chi connectivity index (χ4n) is 1.85. The van der Waals surface area contributed by atoms with E-state index >= 15 is 0 Å². The number of esters is 1. The molecule has 1 aromatic heterocycles. The summed E-state index contributed by atoms with van der Waals surface area (Å²) in [4.78, 5) is 23.4. The van der Waals surface area contributed by atoms with Gasteiger partial charge >= 0.3 is 5.97 Å². The van der Waals surface area contributed by atoms with Gasteiger partial charge in [0.2, 0.25) is 11.1 Å². The Morgan fingerprint density at radius 3 is 2.75 bits per heavy atom. The Morgan fingerprint density at radius 1 is 1.30 bits per heavy atom. The summed E-state index contributed by atoms with van der Waals surface area (Å²) in [7, 11) is 0. The lowest BCUT2D eigenvalue weighted by Gasteiger charge is -2.10. The Kier molecular flexibility index (Phi) is 3.98. The Labute approximate surface area is 116 Å². The van der Waals surface area contributed by atoms with Gasteiger partial charge in [-0.3, -0.25) is 4.79 Å². The van der Waals surface area contributed by atoms with Crippen molar-refractivity contribution in [1.29, 1.82) is 0 Å². The van der Waals surface area contributed by atoms with Gasteiger partial charge in [0.25, 0.3) is 0 Å². The zero-order chi connectivity index (χ0) is 14.7. The van der Waals surface area contributed by atoms with Crippen LogP contribution in [0.25, 0.3) is 5.69 Å². The Balaban J connectivity index is 2.54. The highest BCUT2D eigenvalue weighted by atomic mass is 16.5. The van der Waals surface area contributed by atoms with E-state index < -0.39 is 11.4 Å². The van der Waals surface area contributed by atoms with Crippen molar-refractivity contribution in [2.75, 3.05) is 6.61 Å². The van der Waals surface area contributed by atoms with Crippen molar-refractivity contribution in [3.8, 4) is 5.69 Å². The molecule has 0 saturated carbocycles. The van der Waals surface area contributed by atoms with Crippen LogP contribution in [0.2, 0.25) is 0 Å². The summed E-state index contributed by atoms with van der Waals surface area (Å²) in [6, 6.07) is 7.23. The van der Waals surface area contributed by atoms with Crippen LogP contribution in [0.5, 0.6) is 0 Å². The summed E-state index contributed by atoms with van der Waals surface area (Å²) < 4.78 is 6.36. The van der Waals surface area contributed by atoms with E-state index in [0.717, 1.165) is 16.8 Å². The van der Waals surface area contributed by atoms with Gasteiger partial charge in [-0.05, 0) is 38.0 Å². The van der Waals surface area contributed by atoms with E-state index in [9.17, 15) is 9.59 Å². The molecule has 2 rings (SSSR count). The maximum Gasteiger partial charge on any atom is 0.362 e. The Hall–Kier alpha value is -2.43. The second kappa shape index (κ2) is 5.69. The number of rotatable bonds is 3. The number of carbonyl (C=O) groups excluding carboxylic acids is 1. The van der Waals surface area contributed by atoms with Crippen LogP contribution in [-0.2, 0) is 4.74 Å². The van der Waals surface area contributed by atoms with Crippen LogP contribution < -0.4 is 5.43 Å². The van der Waals surface area contributed by atoms with Gasteiger partial charge in [-0.25, -0.2) is 9.48 Å². The third kappa shape index (κ3) is 2.77. The molecule has 0 bridgehead atoms. The highest BCUT2D eigenvalue weighted by molar-refractivity contribution is 5.86. The molecule has 0 fully saturated rings. The Bertz CT molecular complexity index is 705. The number of aromatic nitrogens is 2. The fraction of sp³-hybridized carbons (Fsp3) is 0.267. The van der Waals surface area contributed by atoms with Crippen molar-refractivity contribution in [1.82, 2.24) is 9.78 Å². The summed E-state index contributed by atoms with van der Waals surface area (Å²) in [5.74, 6) is -0.697. The van der Waals surface area contributed by atoms with E-state index in [1.807, 2.05) is 32.0 Å². The number of hydrogen-bond acceptors (Lipinski definition) is 4. The lowest BCUT2D eigenvalue weighted by atomic mass is 10.1. The van der Waals surface area contributed by atoms with Crippen molar-refractivity contribution in [3.63, 3.8) is 0 Å². The maximum atomic E-state index is 11.7. The van der Waals surface area contributed by atoms with Crippen LogP contribution >= 0.6 is 0 Å². The van der Waals surface area contributed by atoms with Crippen LogP contribution in [-0.4, -0.2) is 22.4 Å². The summed E-state index contributed by atoms with van der Waals surface area (Å²) in [5, 5.41) is 4.09. The van der Waals surface area contributed by atoms with Crippen LogP contribution in [0.15, 0.2) is 35.3 Å². The van der Waals surface area contributed by atoms with Crippen LogP contribution in [0, 0.1) is 13.8 Å². The molecule has 0 aliphatic rings. The topological polar surface area (TPSA) is 61.2 Å². The number of nitrogens with zero attached hydrogens (tertiary/aromatic N) is 2. The van der Waals surface area contributed by atoms with Gasteiger partial charge in [0.1, 0.15) is 0 Å². The molecule has 5 nitrogen and oxygen atoms in total. The van der Waals surface area contributed by atoms with E-state index in [1.165, 1.54) is 10.7 Å². The number of aryl methyl sites for hydroxylation is 2. The molecule has 104 valence electrons. The highest BCUT2D eigenvalue weighted by Gasteiger charge is 2.14. The summed E-state index contributed by atoms with van der Waals surface area (Å²) in [6.45, 7) is 5.80. The van der Waals surface area contributed by atoms with Crippen molar-refractivity contribution < 1.29 is 9.53 Å². The molecule has 20 heavy (non-hydrogen) atoms. The quantitative estimate of drug-likeness (QED) is 0.802. The van der Waals surface area contributed by atoms with E-state index in [0.29, 0.717) is 0 Å². The highest BCUT2D eigenvalue weighted by Crippen LogP contribution is 2.14. The molecule has 5 heteroatoms. The maximum absolute atomic E-state index is 11.7. The first kappa shape index (κ1) is 14.0. The standard InChI is InChI=1S/C15H16N2O3/c1-4-20-15(19)14-13(18)7-8-17(16-14)12-9-10(2)5-6-11(12)3/h5-9H,4H2,1-3H3. The zero-order valence-corrected chi connectivity index (χ0v) is 11.7. The van der Waals surface area contributed by atoms with Crippen LogP contribution in [0.3, 0.4) is 0 Å². The van der Waals surface area contributed by atoms with Gasteiger partial charge in [-0.15, -0.1) is 0 Å². The molecule has 0 aliphatic carbocycles. The van der Waals surface area contributed by atoms with Gasteiger partial charge < -0.3 is 4.74 Å². The summed E-state index contributed by atoms with van der Waals surface area (Å²) >= 11 is 0. The third-order valence-electron chi connectivity index (χ3n) is 2.89. The van der Waals surface area contributed by atoms with Gasteiger partial charge in [0, 0.05) is 12.3 Å². The molecule has 0 unspecified atom stereocenters. The number of carbonyl (C=O) groups is 1. The van der Waals surface area contributed by atoms with Crippen molar-refractivity contribution in [3.05, 3.63) is 57.5 Å².